The number of anilines is 2. The molecule has 2 atom stereocenters. The minimum Gasteiger partial charge on any atom is -0.356 e. The van der Waals surface area contributed by atoms with E-state index in [4.69, 9.17) is 4.74 Å². The van der Waals surface area contributed by atoms with Crippen molar-refractivity contribution >= 4 is 45.9 Å². The van der Waals surface area contributed by atoms with E-state index in [0.717, 1.165) is 63.4 Å². The molecule has 1 aromatic carbocycles. The smallest absolute Gasteiger partial charge is 0.240 e. The molecule has 5 heterocycles. The molecule has 4 N–H and O–H groups in total. The first-order chi connectivity index (χ1) is 18.0. The van der Waals surface area contributed by atoms with Crippen LogP contribution in [0, 0.1) is 0 Å². The summed E-state index contributed by atoms with van der Waals surface area (Å²) in [6.45, 7) is 1.14. The molecule has 11 heteroatoms. The maximum atomic E-state index is 12.6. The molecule has 1 unspecified atom stereocenters. The van der Waals surface area contributed by atoms with Crippen LogP contribution in [0.1, 0.15) is 63.4 Å². The van der Waals surface area contributed by atoms with Crippen LogP contribution >= 0.6 is 20.7 Å². The van der Waals surface area contributed by atoms with Gasteiger partial charge in [-0.3, -0.25) is 5.32 Å². The Morgan fingerprint density at radius 3 is 2.35 bits per heavy atom. The van der Waals surface area contributed by atoms with E-state index in [1.807, 2.05) is 12.4 Å². The number of nitrogens with zero attached hydrogens (tertiary/aromatic N) is 2. The van der Waals surface area contributed by atoms with E-state index >= 15 is 0 Å². The fraction of sp³-hybridized carbons (Fsp3) is 0.500. The molecule has 0 aliphatic carbocycles. The Labute approximate surface area is 229 Å². The van der Waals surface area contributed by atoms with Gasteiger partial charge in [0.1, 0.15) is 0 Å². The van der Waals surface area contributed by atoms with Gasteiger partial charge in [-0.25, -0.2) is 23.1 Å². The number of nitrogens with one attached hydrogen (secondary N) is 3. The summed E-state index contributed by atoms with van der Waals surface area (Å²) < 4.78 is 37.2. The van der Waals surface area contributed by atoms with Crippen molar-refractivity contribution in [2.24, 2.45) is 0 Å². The molecule has 0 saturated carbocycles. The zero-order valence-corrected chi connectivity index (χ0v) is 23.9. The van der Waals surface area contributed by atoms with Crippen molar-refractivity contribution in [3.05, 3.63) is 52.4 Å². The van der Waals surface area contributed by atoms with Crippen LogP contribution in [0.2, 0.25) is 0 Å². The Kier molecular flexibility index (Phi) is 11.0. The number of halogens is 1. The minimum absolute atomic E-state index is 0.120. The van der Waals surface area contributed by atoms with E-state index in [-0.39, 0.29) is 31.7 Å². The maximum Gasteiger partial charge on any atom is 0.240 e. The Hall–Kier alpha value is -1.77. The summed E-state index contributed by atoms with van der Waals surface area (Å²) in [7, 11) is -3.53. The van der Waals surface area contributed by atoms with Gasteiger partial charge >= 0.3 is 0 Å². The zero-order chi connectivity index (χ0) is 25.9. The highest BCUT2D eigenvalue weighted by Crippen LogP contribution is 2.23. The quantitative estimate of drug-likeness (QED) is 0.314. The van der Waals surface area contributed by atoms with Crippen molar-refractivity contribution in [1.29, 1.82) is 0 Å². The van der Waals surface area contributed by atoms with Crippen LogP contribution in [0.5, 0.6) is 0 Å². The third-order valence-electron chi connectivity index (χ3n) is 6.28. The van der Waals surface area contributed by atoms with Gasteiger partial charge in [0.2, 0.25) is 22.4 Å². The lowest BCUT2D eigenvalue weighted by Crippen LogP contribution is -2.35. The van der Waals surface area contributed by atoms with Gasteiger partial charge in [-0.2, -0.15) is 0 Å². The molecule has 37 heavy (non-hydrogen) atoms. The van der Waals surface area contributed by atoms with E-state index in [1.165, 1.54) is 3.51 Å². The molecule has 9 nitrogen and oxygen atoms in total. The van der Waals surface area contributed by atoms with Gasteiger partial charge < -0.3 is 15.2 Å². The highest BCUT2D eigenvalue weighted by atomic mass is 127. The van der Waals surface area contributed by atoms with E-state index in [0.29, 0.717) is 24.7 Å². The highest BCUT2D eigenvalue weighted by molar-refractivity contribution is 14.2. The highest BCUT2D eigenvalue weighted by Gasteiger charge is 2.16. The molecule has 2 aromatic rings. The first-order valence-corrected chi connectivity index (χ1v) is 16.7. The summed E-state index contributed by atoms with van der Waals surface area (Å²) in [5.74, 6) is 0.452. The summed E-state index contributed by atoms with van der Waals surface area (Å²) >= 11 is -0.313. The molecule has 202 valence electrons. The lowest BCUT2D eigenvalue weighted by atomic mass is 10.1. The number of aliphatic hydroxyl groups is 1. The van der Waals surface area contributed by atoms with E-state index in [1.54, 1.807) is 24.3 Å². The molecule has 0 fully saturated rings. The second-order valence-electron chi connectivity index (χ2n) is 9.17. The fourth-order valence-electron chi connectivity index (χ4n) is 4.18. The average molecular weight is 642 g/mol. The van der Waals surface area contributed by atoms with Gasteiger partial charge in [-0.05, 0) is 64.1 Å². The van der Waals surface area contributed by atoms with Gasteiger partial charge in [-0.15, -0.1) is 0 Å². The van der Waals surface area contributed by atoms with Gasteiger partial charge in [-0.1, -0.05) is 58.9 Å². The topological polar surface area (TPSA) is 125 Å². The van der Waals surface area contributed by atoms with Crippen LogP contribution < -0.4 is 15.4 Å². The van der Waals surface area contributed by atoms with Gasteiger partial charge in [0.25, 0.3) is 0 Å². The summed E-state index contributed by atoms with van der Waals surface area (Å²) in [6, 6.07) is 6.62. The monoisotopic (exact) mass is 641 g/mol. The van der Waals surface area contributed by atoms with Crippen molar-refractivity contribution in [3.63, 3.8) is 0 Å². The van der Waals surface area contributed by atoms with Crippen molar-refractivity contribution in [3.8, 4) is 0 Å². The second kappa shape index (κ2) is 14.4. The third kappa shape index (κ3) is 9.18. The zero-order valence-electron chi connectivity index (χ0n) is 20.9. The molecule has 0 spiro atoms. The largest absolute Gasteiger partial charge is 0.356 e. The Morgan fingerprint density at radius 1 is 0.946 bits per heavy atom. The lowest BCUT2D eigenvalue weighted by molar-refractivity contribution is -0.141. The van der Waals surface area contributed by atoms with Gasteiger partial charge in [0.05, 0.1) is 11.0 Å². The van der Waals surface area contributed by atoms with E-state index < -0.39 is 16.4 Å². The maximum absolute atomic E-state index is 12.6. The average Bonchev–Trinajstić information content (AvgIpc) is 3.13. The number of sulfonamides is 1. The first-order valence-electron chi connectivity index (χ1n) is 12.9. The van der Waals surface area contributed by atoms with Crippen LogP contribution in [-0.2, 0) is 14.8 Å². The van der Waals surface area contributed by atoms with Crippen molar-refractivity contribution in [1.82, 2.24) is 20.0 Å². The number of fused-ring (bicyclic) bond motifs is 2. The molecule has 4 aliphatic heterocycles. The van der Waals surface area contributed by atoms with Crippen LogP contribution in [-0.4, -0.2) is 52.6 Å². The number of ether oxygens (including phenoxy) is 1. The van der Waals surface area contributed by atoms with Crippen molar-refractivity contribution < 1.29 is 18.3 Å². The normalized spacial score (nSPS) is 24.3. The Morgan fingerprint density at radius 2 is 1.62 bits per heavy atom. The van der Waals surface area contributed by atoms with Crippen molar-refractivity contribution in [2.45, 2.75) is 75.2 Å². The number of benzene rings is 1. The molecule has 0 radical (unpaired) electrons. The summed E-state index contributed by atoms with van der Waals surface area (Å²) in [5.41, 5.74) is 1.74. The van der Waals surface area contributed by atoms with Crippen LogP contribution in [0.3, 0.4) is 0 Å². The summed E-state index contributed by atoms with van der Waals surface area (Å²) in [4.78, 5) is 9.17. The number of rotatable bonds is 0. The molecule has 4 aliphatic rings. The third-order valence-corrected chi connectivity index (χ3v) is 10.5. The number of hydrogen-bond acceptors (Lipinski definition) is 8. The molecular formula is C26H36IN5O4S. The van der Waals surface area contributed by atoms with E-state index in [9.17, 15) is 13.5 Å². The SMILES string of the molecule is O=S1(=O)NCCCCCCCCCNC(O)O[C@@H]2C=CI=C(CC2)c2cnc(nc2)Nc2ccc1cc2. The molecule has 1 aromatic heterocycles. The first kappa shape index (κ1) is 28.2. The van der Waals surface area contributed by atoms with Crippen LogP contribution in [0.25, 0.3) is 0 Å². The molecule has 6 rings (SSSR count). The fourth-order valence-corrected chi connectivity index (χ4v) is 7.62. The number of aromatic nitrogens is 2. The predicted molar refractivity (Wildman–Crippen MR) is 155 cm³/mol. The number of hydrogen-bond donors (Lipinski definition) is 4. The van der Waals surface area contributed by atoms with Crippen molar-refractivity contribution in [2.75, 3.05) is 18.4 Å². The van der Waals surface area contributed by atoms with E-state index in [2.05, 4.69) is 35.5 Å². The van der Waals surface area contributed by atoms with Gasteiger partial charge in [0, 0.05) is 30.2 Å². The molecular weight excluding hydrogens is 605 g/mol. The summed E-state index contributed by atoms with van der Waals surface area (Å²) in [5, 5.41) is 16.5. The standard InChI is InChI=1S/C26H36IN5O4S/c33-26-28-16-6-4-2-1-3-5-7-17-31-37(34,35)23-11-8-21(9-12-23)32-25-29-18-20(19-30-25)24-13-10-22(36-26)14-15-27-24/h8-9,11-12,14-15,18-19,22,26,28,31,33H,1-7,10,13,16-17H2,(H,29,30,32)/t22-,26?/m0/s1. The molecule has 0 amide bonds. The van der Waals surface area contributed by atoms with Gasteiger partial charge in [0.15, 0.2) is 0 Å². The Bertz CT molecular complexity index is 1160. The molecule has 6 bridgehead atoms. The molecule has 0 saturated heterocycles. The second-order valence-corrected chi connectivity index (χ2v) is 13.6. The minimum atomic E-state index is -3.53. The summed E-state index contributed by atoms with van der Waals surface area (Å²) in [6.07, 6.45) is 13.5. The van der Waals surface area contributed by atoms with Crippen LogP contribution in [0.15, 0.2) is 51.7 Å². The predicted octanol–water partition coefficient (Wildman–Crippen LogP) is 4.29. The van der Waals surface area contributed by atoms with Crippen LogP contribution in [0.4, 0.5) is 11.6 Å². The lowest BCUT2D eigenvalue weighted by Gasteiger charge is -2.19. The Balaban J connectivity index is 1.42. The number of aliphatic hydroxyl groups excluding tert-OH is 1.